The van der Waals surface area contributed by atoms with E-state index in [-0.39, 0.29) is 44.8 Å². The first kappa shape index (κ1) is 20.5. The van der Waals surface area contributed by atoms with Crippen LogP contribution >= 0.6 is 0 Å². The molecule has 1 aromatic rings. The summed E-state index contributed by atoms with van der Waals surface area (Å²) in [5.74, 6) is -1.33. The highest BCUT2D eigenvalue weighted by atomic mass is 16.5. The van der Waals surface area contributed by atoms with Gasteiger partial charge in [0.2, 0.25) is 18.2 Å². The molecule has 0 aliphatic carbocycles. The van der Waals surface area contributed by atoms with Crippen molar-refractivity contribution in [1.29, 1.82) is 0 Å². The summed E-state index contributed by atoms with van der Waals surface area (Å²) in [6.07, 6.45) is 0.453. The third-order valence-corrected chi connectivity index (χ3v) is 4.07. The number of hydrogen-bond donors (Lipinski definition) is 2. The van der Waals surface area contributed by atoms with Gasteiger partial charge < -0.3 is 14.6 Å². The summed E-state index contributed by atoms with van der Waals surface area (Å²) in [6, 6.07) is 3.81. The molecule has 1 saturated heterocycles. The van der Waals surface area contributed by atoms with Gasteiger partial charge in [-0.1, -0.05) is 6.07 Å². The number of aryl methyl sites for hydroxylation is 1. The molecule has 27 heavy (non-hydrogen) atoms. The van der Waals surface area contributed by atoms with E-state index in [1.54, 1.807) is 19.1 Å². The monoisotopic (exact) mass is 378 g/mol. The van der Waals surface area contributed by atoms with Crippen LogP contribution in [0.5, 0.6) is 5.75 Å². The first-order valence-electron chi connectivity index (χ1n) is 8.51. The molecule has 1 heterocycles. The summed E-state index contributed by atoms with van der Waals surface area (Å²) in [4.78, 5) is 48.4. The van der Waals surface area contributed by atoms with E-state index in [4.69, 9.17) is 14.6 Å². The maximum Gasteiger partial charge on any atom is 0.261 e. The summed E-state index contributed by atoms with van der Waals surface area (Å²) in [5.41, 5.74) is 0.837. The number of ether oxygens (including phenoxy) is 2. The maximum absolute atomic E-state index is 12.8. The third kappa shape index (κ3) is 5.35. The van der Waals surface area contributed by atoms with Crippen molar-refractivity contribution >= 4 is 24.1 Å². The number of carbonyl (C=O) groups excluding carboxylic acids is 4. The minimum absolute atomic E-state index is 0.0595. The molecule has 0 spiro atoms. The van der Waals surface area contributed by atoms with Crippen LogP contribution in [0.15, 0.2) is 18.2 Å². The molecule has 0 bridgehead atoms. The second-order valence-electron chi connectivity index (χ2n) is 5.95. The molecule has 0 saturated carbocycles. The number of amides is 4. The Balaban J connectivity index is 2.11. The fourth-order valence-electron chi connectivity index (χ4n) is 2.66. The van der Waals surface area contributed by atoms with Crippen molar-refractivity contribution < 1.29 is 33.8 Å². The van der Waals surface area contributed by atoms with Crippen LogP contribution in [0, 0.1) is 6.92 Å². The Hall–Kier alpha value is -2.78. The number of aliphatic hydroxyl groups excluding tert-OH is 1. The number of piperidine rings is 1. The number of benzene rings is 1. The number of hydrogen-bond acceptors (Lipinski definition) is 7. The second kappa shape index (κ2) is 9.79. The lowest BCUT2D eigenvalue weighted by molar-refractivity contribution is -0.139. The molecule has 1 aliphatic heterocycles. The topological polar surface area (TPSA) is 122 Å². The van der Waals surface area contributed by atoms with Crippen LogP contribution in [-0.4, -0.2) is 66.6 Å². The minimum atomic E-state index is -1.02. The van der Waals surface area contributed by atoms with Crippen molar-refractivity contribution in [1.82, 2.24) is 10.2 Å². The van der Waals surface area contributed by atoms with Gasteiger partial charge in [0.25, 0.3) is 5.91 Å². The van der Waals surface area contributed by atoms with E-state index in [1.807, 2.05) is 0 Å². The molecule has 9 nitrogen and oxygen atoms in total. The Bertz CT molecular complexity index is 720. The highest BCUT2D eigenvalue weighted by Gasteiger charge is 2.35. The molecule has 9 heteroatoms. The molecule has 1 atom stereocenters. The van der Waals surface area contributed by atoms with Crippen LogP contribution in [-0.2, 0) is 19.1 Å². The van der Waals surface area contributed by atoms with Gasteiger partial charge in [0.05, 0.1) is 19.8 Å². The van der Waals surface area contributed by atoms with Crippen LogP contribution in [0.4, 0.5) is 0 Å². The molecule has 1 unspecified atom stereocenters. The fourth-order valence-corrected chi connectivity index (χ4v) is 2.66. The van der Waals surface area contributed by atoms with E-state index < -0.39 is 23.8 Å². The number of carbonyl (C=O) groups is 4. The Labute approximate surface area is 156 Å². The smallest absolute Gasteiger partial charge is 0.261 e. The van der Waals surface area contributed by atoms with Gasteiger partial charge in [-0.25, -0.2) is 0 Å². The summed E-state index contributed by atoms with van der Waals surface area (Å²) in [6.45, 7) is 2.33. The van der Waals surface area contributed by atoms with E-state index in [0.29, 0.717) is 17.7 Å². The van der Waals surface area contributed by atoms with Crippen LogP contribution < -0.4 is 10.1 Å². The number of imide groups is 2. The van der Waals surface area contributed by atoms with Crippen molar-refractivity contribution in [2.24, 2.45) is 0 Å². The van der Waals surface area contributed by atoms with Gasteiger partial charge >= 0.3 is 0 Å². The van der Waals surface area contributed by atoms with Crippen LogP contribution in [0.25, 0.3) is 0 Å². The van der Waals surface area contributed by atoms with Gasteiger partial charge in [0, 0.05) is 12.0 Å². The van der Waals surface area contributed by atoms with Crippen molar-refractivity contribution in [3.63, 3.8) is 0 Å². The van der Waals surface area contributed by atoms with E-state index in [9.17, 15) is 19.2 Å². The average Bonchev–Trinajstić information content (AvgIpc) is 2.65. The molecule has 1 aliphatic rings. The molecule has 0 aromatic heterocycles. The zero-order valence-electron chi connectivity index (χ0n) is 15.0. The molecule has 1 aromatic carbocycles. The molecular weight excluding hydrogens is 356 g/mol. The van der Waals surface area contributed by atoms with Crippen molar-refractivity contribution in [3.05, 3.63) is 29.3 Å². The normalized spacial score (nSPS) is 16.6. The van der Waals surface area contributed by atoms with Gasteiger partial charge in [-0.3, -0.25) is 29.4 Å². The predicted molar refractivity (Wildman–Crippen MR) is 93.0 cm³/mol. The zero-order chi connectivity index (χ0) is 19.8. The molecule has 1 fully saturated rings. The largest absolute Gasteiger partial charge is 0.491 e. The summed E-state index contributed by atoms with van der Waals surface area (Å²) in [7, 11) is 0. The molecule has 146 valence electrons. The Morgan fingerprint density at radius 2 is 2.11 bits per heavy atom. The van der Waals surface area contributed by atoms with Gasteiger partial charge in [0.1, 0.15) is 18.4 Å². The molecule has 2 N–H and O–H groups in total. The number of rotatable bonds is 9. The summed E-state index contributed by atoms with van der Waals surface area (Å²) >= 11 is 0. The molecule has 2 rings (SSSR count). The van der Waals surface area contributed by atoms with Gasteiger partial charge in [0.15, 0.2) is 0 Å². The number of nitrogens with zero attached hydrogens (tertiary/aromatic N) is 1. The Morgan fingerprint density at radius 1 is 1.33 bits per heavy atom. The lowest BCUT2D eigenvalue weighted by Gasteiger charge is -2.28. The Kier molecular flexibility index (Phi) is 7.44. The lowest BCUT2D eigenvalue weighted by Crippen LogP contribution is -2.53. The molecule has 0 radical (unpaired) electrons. The minimum Gasteiger partial charge on any atom is -0.491 e. The van der Waals surface area contributed by atoms with Crippen molar-refractivity contribution in [3.8, 4) is 5.75 Å². The van der Waals surface area contributed by atoms with Crippen LogP contribution in [0.1, 0.15) is 28.8 Å². The number of nitrogens with one attached hydrogen (secondary N) is 1. The highest BCUT2D eigenvalue weighted by molar-refractivity contribution is 6.07. The van der Waals surface area contributed by atoms with E-state index in [1.165, 1.54) is 6.07 Å². The molecule has 4 amide bonds. The second-order valence-corrected chi connectivity index (χ2v) is 5.95. The fraction of sp³-hybridized carbons (Fsp3) is 0.444. The van der Waals surface area contributed by atoms with Gasteiger partial charge in [-0.2, -0.15) is 0 Å². The lowest BCUT2D eigenvalue weighted by atomic mass is 10.0. The Morgan fingerprint density at radius 3 is 2.78 bits per heavy atom. The first-order chi connectivity index (χ1) is 13.0. The average molecular weight is 378 g/mol. The van der Waals surface area contributed by atoms with Gasteiger partial charge in [-0.05, 0) is 31.0 Å². The van der Waals surface area contributed by atoms with E-state index >= 15 is 0 Å². The highest BCUT2D eigenvalue weighted by Crippen LogP contribution is 2.21. The maximum atomic E-state index is 12.8. The SMILES string of the molecule is Cc1ccc(OCCOCCO)cc1C(=O)N(C=O)C1CCC(=O)NC1=O. The zero-order valence-corrected chi connectivity index (χ0v) is 15.0. The van der Waals surface area contributed by atoms with E-state index in [0.717, 1.165) is 4.90 Å². The predicted octanol–water partition coefficient (Wildman–Crippen LogP) is -0.213. The third-order valence-electron chi connectivity index (χ3n) is 4.07. The first-order valence-corrected chi connectivity index (χ1v) is 8.51. The van der Waals surface area contributed by atoms with Crippen LogP contribution in [0.3, 0.4) is 0 Å². The van der Waals surface area contributed by atoms with Crippen LogP contribution in [0.2, 0.25) is 0 Å². The summed E-state index contributed by atoms with van der Waals surface area (Å²) in [5, 5.41) is 10.8. The van der Waals surface area contributed by atoms with Gasteiger partial charge in [-0.15, -0.1) is 0 Å². The number of aliphatic hydroxyl groups is 1. The standard InChI is InChI=1S/C18H22N2O7/c1-12-2-3-13(27-9-8-26-7-6-21)10-14(12)18(25)20(11-22)15-4-5-16(23)19-17(15)24/h2-3,10-11,15,21H,4-9H2,1H3,(H,19,23,24). The van der Waals surface area contributed by atoms with Crippen molar-refractivity contribution in [2.45, 2.75) is 25.8 Å². The quantitative estimate of drug-likeness (QED) is 0.346. The molecular formula is C18H22N2O7. The van der Waals surface area contributed by atoms with E-state index in [2.05, 4.69) is 5.32 Å². The van der Waals surface area contributed by atoms with Crippen molar-refractivity contribution in [2.75, 3.05) is 26.4 Å². The summed E-state index contributed by atoms with van der Waals surface area (Å²) < 4.78 is 10.6.